The number of hydrogen-bond acceptors (Lipinski definition) is 2. The van der Waals surface area contributed by atoms with E-state index in [2.05, 4.69) is 0 Å². The molecule has 1 aliphatic heterocycles. The second kappa shape index (κ2) is 2.52. The van der Waals surface area contributed by atoms with E-state index >= 15 is 0 Å². The number of hydrogen-bond donors (Lipinski definition) is 1. The molecule has 1 aromatic carbocycles. The normalized spacial score (nSPS) is 17.7. The highest BCUT2D eigenvalue weighted by atomic mass is 16.5. The topological polar surface area (TPSA) is 35.2 Å². The standard InChI is InChI=1S/C11H13NO/c1-11(2)7-6-8-9(12)4-3-5-10(8)13-11/h3-7H,12H2,1-2H3. The Balaban J connectivity index is 2.53. The fourth-order valence-electron chi connectivity index (χ4n) is 1.43. The van der Waals surface area contributed by atoms with Crippen LogP contribution in [0.5, 0.6) is 5.75 Å². The summed E-state index contributed by atoms with van der Waals surface area (Å²) in [6.07, 6.45) is 4.04. The Morgan fingerprint density at radius 3 is 2.85 bits per heavy atom. The first-order chi connectivity index (χ1) is 6.08. The van der Waals surface area contributed by atoms with Crippen LogP contribution < -0.4 is 10.5 Å². The number of fused-ring (bicyclic) bond motifs is 1. The predicted molar refractivity (Wildman–Crippen MR) is 54.6 cm³/mol. The molecule has 0 saturated carbocycles. The van der Waals surface area contributed by atoms with Crippen molar-refractivity contribution in [3.8, 4) is 5.75 Å². The Morgan fingerprint density at radius 1 is 1.31 bits per heavy atom. The van der Waals surface area contributed by atoms with Crippen molar-refractivity contribution < 1.29 is 4.74 Å². The molecule has 2 heteroatoms. The molecule has 0 fully saturated rings. The Morgan fingerprint density at radius 2 is 2.08 bits per heavy atom. The Kier molecular flexibility index (Phi) is 1.59. The van der Waals surface area contributed by atoms with Crippen LogP contribution in [0.1, 0.15) is 19.4 Å². The van der Waals surface area contributed by atoms with Gasteiger partial charge >= 0.3 is 0 Å². The zero-order valence-electron chi connectivity index (χ0n) is 7.87. The molecule has 2 N–H and O–H groups in total. The van der Waals surface area contributed by atoms with E-state index in [1.165, 1.54) is 0 Å². The van der Waals surface area contributed by atoms with E-state index in [-0.39, 0.29) is 5.60 Å². The molecular formula is C11H13NO. The summed E-state index contributed by atoms with van der Waals surface area (Å²) in [4.78, 5) is 0. The van der Waals surface area contributed by atoms with E-state index in [9.17, 15) is 0 Å². The summed E-state index contributed by atoms with van der Waals surface area (Å²) in [6.45, 7) is 4.05. The van der Waals surface area contributed by atoms with Crippen molar-refractivity contribution >= 4 is 11.8 Å². The minimum Gasteiger partial charge on any atom is -0.483 e. The molecule has 0 unspecified atom stereocenters. The average Bonchev–Trinajstić information content (AvgIpc) is 2.02. The SMILES string of the molecule is CC1(C)C=Cc2c(N)cccc2O1. The molecule has 0 radical (unpaired) electrons. The molecule has 68 valence electrons. The Hall–Kier alpha value is -1.44. The average molecular weight is 175 g/mol. The first-order valence-electron chi connectivity index (χ1n) is 4.35. The van der Waals surface area contributed by atoms with Crippen LogP contribution in [-0.2, 0) is 0 Å². The molecule has 2 nitrogen and oxygen atoms in total. The van der Waals surface area contributed by atoms with Gasteiger partial charge < -0.3 is 10.5 Å². The van der Waals surface area contributed by atoms with Crippen molar-refractivity contribution in [1.82, 2.24) is 0 Å². The molecule has 1 aliphatic rings. The minimum atomic E-state index is -0.221. The Labute approximate surface area is 78.0 Å². The van der Waals surface area contributed by atoms with Gasteiger partial charge in [0, 0.05) is 11.3 Å². The summed E-state index contributed by atoms with van der Waals surface area (Å²) in [5.41, 5.74) is 7.33. The van der Waals surface area contributed by atoms with Gasteiger partial charge in [-0.15, -0.1) is 0 Å². The highest BCUT2D eigenvalue weighted by Crippen LogP contribution is 2.33. The van der Waals surface area contributed by atoms with E-state index in [0.29, 0.717) is 0 Å². The third kappa shape index (κ3) is 1.39. The van der Waals surface area contributed by atoms with Crippen LogP contribution in [0.3, 0.4) is 0 Å². The van der Waals surface area contributed by atoms with E-state index < -0.39 is 0 Å². The maximum absolute atomic E-state index is 5.80. The van der Waals surface area contributed by atoms with Gasteiger partial charge in [-0.25, -0.2) is 0 Å². The third-order valence-corrected chi connectivity index (χ3v) is 2.12. The van der Waals surface area contributed by atoms with Crippen LogP contribution in [0.4, 0.5) is 5.69 Å². The lowest BCUT2D eigenvalue weighted by molar-refractivity contribution is 0.159. The number of rotatable bonds is 0. The number of nitrogen functional groups attached to an aromatic ring is 1. The molecule has 1 aromatic rings. The molecule has 13 heavy (non-hydrogen) atoms. The van der Waals surface area contributed by atoms with Crippen LogP contribution in [-0.4, -0.2) is 5.60 Å². The lowest BCUT2D eigenvalue weighted by atomic mass is 10.0. The maximum Gasteiger partial charge on any atom is 0.129 e. The summed E-state index contributed by atoms with van der Waals surface area (Å²) in [6, 6.07) is 5.73. The molecule has 0 amide bonds. The fraction of sp³-hybridized carbons (Fsp3) is 0.273. The van der Waals surface area contributed by atoms with Crippen LogP contribution in [0.25, 0.3) is 6.08 Å². The number of nitrogens with two attached hydrogens (primary N) is 1. The van der Waals surface area contributed by atoms with Crippen molar-refractivity contribution in [2.75, 3.05) is 5.73 Å². The van der Waals surface area contributed by atoms with Gasteiger partial charge in [-0.1, -0.05) is 6.07 Å². The summed E-state index contributed by atoms with van der Waals surface area (Å²) < 4.78 is 5.73. The first-order valence-corrected chi connectivity index (χ1v) is 4.35. The van der Waals surface area contributed by atoms with Crippen LogP contribution in [0.15, 0.2) is 24.3 Å². The number of benzene rings is 1. The zero-order chi connectivity index (χ0) is 9.47. The van der Waals surface area contributed by atoms with Crippen molar-refractivity contribution in [3.63, 3.8) is 0 Å². The van der Waals surface area contributed by atoms with Gasteiger partial charge in [-0.3, -0.25) is 0 Å². The van der Waals surface area contributed by atoms with Crippen LogP contribution in [0, 0.1) is 0 Å². The molecule has 0 saturated heterocycles. The largest absolute Gasteiger partial charge is 0.483 e. The molecule has 0 spiro atoms. The highest BCUT2D eigenvalue weighted by Gasteiger charge is 2.21. The van der Waals surface area contributed by atoms with Gasteiger partial charge in [-0.2, -0.15) is 0 Å². The van der Waals surface area contributed by atoms with E-state index in [0.717, 1.165) is 17.0 Å². The number of anilines is 1. The lowest BCUT2D eigenvalue weighted by Gasteiger charge is -2.28. The quantitative estimate of drug-likeness (QED) is 0.615. The van der Waals surface area contributed by atoms with Gasteiger partial charge in [0.1, 0.15) is 11.4 Å². The molecule has 0 atom stereocenters. The molecule has 0 aromatic heterocycles. The van der Waals surface area contributed by atoms with E-state index in [4.69, 9.17) is 10.5 Å². The van der Waals surface area contributed by atoms with E-state index in [1.807, 2.05) is 44.2 Å². The zero-order valence-corrected chi connectivity index (χ0v) is 7.87. The second-order valence-corrected chi connectivity index (χ2v) is 3.80. The molecular weight excluding hydrogens is 162 g/mol. The minimum absolute atomic E-state index is 0.221. The van der Waals surface area contributed by atoms with Crippen LogP contribution >= 0.6 is 0 Å². The fourth-order valence-corrected chi connectivity index (χ4v) is 1.43. The highest BCUT2D eigenvalue weighted by molar-refractivity contribution is 5.72. The Bertz CT molecular complexity index is 366. The van der Waals surface area contributed by atoms with Crippen molar-refractivity contribution in [2.45, 2.75) is 19.4 Å². The molecule has 0 bridgehead atoms. The summed E-state index contributed by atoms with van der Waals surface area (Å²) in [5, 5.41) is 0. The summed E-state index contributed by atoms with van der Waals surface area (Å²) in [7, 11) is 0. The number of ether oxygens (including phenoxy) is 1. The van der Waals surface area contributed by atoms with Crippen molar-refractivity contribution in [3.05, 3.63) is 29.8 Å². The van der Waals surface area contributed by atoms with Crippen molar-refractivity contribution in [2.24, 2.45) is 0 Å². The smallest absolute Gasteiger partial charge is 0.129 e. The second-order valence-electron chi connectivity index (χ2n) is 3.80. The van der Waals surface area contributed by atoms with Crippen molar-refractivity contribution in [1.29, 1.82) is 0 Å². The monoisotopic (exact) mass is 175 g/mol. The molecule has 0 aliphatic carbocycles. The van der Waals surface area contributed by atoms with Gasteiger partial charge in [0.2, 0.25) is 0 Å². The third-order valence-electron chi connectivity index (χ3n) is 2.12. The maximum atomic E-state index is 5.80. The van der Waals surface area contributed by atoms with Gasteiger partial charge in [0.05, 0.1) is 0 Å². The van der Waals surface area contributed by atoms with Gasteiger partial charge in [0.15, 0.2) is 0 Å². The predicted octanol–water partition coefficient (Wildman–Crippen LogP) is 2.45. The van der Waals surface area contributed by atoms with E-state index in [1.54, 1.807) is 0 Å². The first kappa shape index (κ1) is 8.17. The van der Waals surface area contributed by atoms with Gasteiger partial charge in [0.25, 0.3) is 0 Å². The van der Waals surface area contributed by atoms with Gasteiger partial charge in [-0.05, 0) is 38.1 Å². The van der Waals surface area contributed by atoms with Crippen LogP contribution in [0.2, 0.25) is 0 Å². The summed E-state index contributed by atoms with van der Waals surface area (Å²) in [5.74, 6) is 0.868. The lowest BCUT2D eigenvalue weighted by Crippen LogP contribution is -2.27. The summed E-state index contributed by atoms with van der Waals surface area (Å²) >= 11 is 0. The molecule has 2 rings (SSSR count). The molecule has 1 heterocycles.